The second-order valence-corrected chi connectivity index (χ2v) is 12.7. The molecular formula is C27H45N3O3. The highest BCUT2D eigenvalue weighted by atomic mass is 16.3. The lowest BCUT2D eigenvalue weighted by Gasteiger charge is -2.65. The van der Waals surface area contributed by atoms with E-state index in [2.05, 4.69) is 42.9 Å². The number of fused-ring (bicyclic) bond motifs is 5. The number of aliphatic hydroxyl groups excluding tert-OH is 3. The molecule has 1 aliphatic heterocycles. The summed E-state index contributed by atoms with van der Waals surface area (Å²) < 4.78 is 0. The smallest absolute Gasteiger partial charge is 0.152 e. The third kappa shape index (κ3) is 3.57. The van der Waals surface area contributed by atoms with Crippen LogP contribution in [0.1, 0.15) is 85.5 Å². The molecule has 0 bridgehead atoms. The number of azo groups is 1. The van der Waals surface area contributed by atoms with E-state index in [0.717, 1.165) is 63.6 Å². The predicted molar refractivity (Wildman–Crippen MR) is 129 cm³/mol. The molecule has 0 spiro atoms. The average molecular weight is 460 g/mol. The number of rotatable bonds is 5. The third-order valence-electron chi connectivity index (χ3n) is 11.6. The Hall–Kier alpha value is -0.850. The van der Waals surface area contributed by atoms with Crippen LogP contribution in [0.25, 0.3) is 0 Å². The first-order valence-electron chi connectivity index (χ1n) is 13.7. The molecule has 4 saturated carbocycles. The van der Waals surface area contributed by atoms with Crippen LogP contribution in [-0.2, 0) is 0 Å². The maximum absolute atomic E-state index is 11.8. The van der Waals surface area contributed by atoms with Crippen molar-refractivity contribution in [2.75, 3.05) is 6.67 Å². The van der Waals surface area contributed by atoms with E-state index < -0.39 is 0 Å². The molecule has 6 nitrogen and oxygen atoms in total. The quantitative estimate of drug-likeness (QED) is 0.550. The van der Waals surface area contributed by atoms with E-state index in [1.54, 1.807) is 0 Å². The van der Waals surface area contributed by atoms with E-state index in [1.807, 2.05) is 0 Å². The molecule has 186 valence electrons. The van der Waals surface area contributed by atoms with E-state index in [4.69, 9.17) is 0 Å². The van der Waals surface area contributed by atoms with Gasteiger partial charge in [-0.3, -0.25) is 0 Å². The maximum Gasteiger partial charge on any atom is 0.152 e. The van der Waals surface area contributed by atoms with Crippen LogP contribution in [0.2, 0.25) is 0 Å². The predicted octanol–water partition coefficient (Wildman–Crippen LogP) is 4.82. The standard InChI is InChI=1S/C27H45N3O3/c1-5-17-20-12-16(31)10-11-26(20,3)21-13-22(32)27(4)18(7-8-19(27)24(21)25(17)33)15(2)6-9-23-28-14-29-30-23/h15-22,24-25,31-33H,5-14H2,1-4H3/t15-,16-,17-,18-,19?,20+,21?,22+,24?,25?,26+,27-/m1/s1. The Morgan fingerprint density at radius 3 is 2.52 bits per heavy atom. The van der Waals surface area contributed by atoms with Crippen LogP contribution in [0.15, 0.2) is 15.2 Å². The molecule has 6 heteroatoms. The largest absolute Gasteiger partial charge is 0.393 e. The van der Waals surface area contributed by atoms with Gasteiger partial charge in [0, 0.05) is 6.42 Å². The normalized spacial score (nSPS) is 52.1. The van der Waals surface area contributed by atoms with E-state index in [1.165, 1.54) is 0 Å². The highest BCUT2D eigenvalue weighted by Crippen LogP contribution is 2.69. The van der Waals surface area contributed by atoms with Gasteiger partial charge in [0.25, 0.3) is 0 Å². The van der Waals surface area contributed by atoms with Gasteiger partial charge in [-0.25, -0.2) is 4.99 Å². The Labute approximate surface area is 199 Å². The number of hydrogen-bond donors (Lipinski definition) is 3. The molecule has 3 N–H and O–H groups in total. The number of aliphatic hydroxyl groups is 3. The van der Waals surface area contributed by atoms with Crippen LogP contribution < -0.4 is 0 Å². The Kier molecular flexibility index (Phi) is 6.27. The van der Waals surface area contributed by atoms with Gasteiger partial charge >= 0.3 is 0 Å². The Balaban J connectivity index is 1.42. The molecule has 5 rings (SSSR count). The van der Waals surface area contributed by atoms with Gasteiger partial charge in [-0.05, 0) is 97.2 Å². The van der Waals surface area contributed by atoms with Gasteiger partial charge in [0.15, 0.2) is 6.67 Å². The van der Waals surface area contributed by atoms with Crippen LogP contribution in [-0.4, -0.2) is 46.1 Å². The summed E-state index contributed by atoms with van der Waals surface area (Å²) in [7, 11) is 0. The highest BCUT2D eigenvalue weighted by molar-refractivity contribution is 5.83. The van der Waals surface area contributed by atoms with Crippen molar-refractivity contribution in [3.63, 3.8) is 0 Å². The molecule has 0 aromatic rings. The number of nitrogens with zero attached hydrogens (tertiary/aromatic N) is 3. The van der Waals surface area contributed by atoms with Crippen molar-refractivity contribution in [3.05, 3.63) is 0 Å². The second-order valence-electron chi connectivity index (χ2n) is 12.7. The van der Waals surface area contributed by atoms with Gasteiger partial charge in [-0.2, -0.15) is 5.11 Å². The van der Waals surface area contributed by atoms with Gasteiger partial charge in [-0.1, -0.05) is 34.1 Å². The summed E-state index contributed by atoms with van der Waals surface area (Å²) >= 11 is 0. The lowest BCUT2D eigenvalue weighted by molar-refractivity contribution is -0.228. The molecule has 33 heavy (non-hydrogen) atoms. The zero-order valence-corrected chi connectivity index (χ0v) is 21.0. The lowest BCUT2D eigenvalue weighted by Crippen LogP contribution is -2.65. The van der Waals surface area contributed by atoms with Gasteiger partial charge in [-0.15, -0.1) is 5.11 Å². The average Bonchev–Trinajstić information content (AvgIpc) is 3.43. The molecule has 0 aromatic carbocycles. The summed E-state index contributed by atoms with van der Waals surface area (Å²) in [5.74, 6) is 3.43. The Morgan fingerprint density at radius 2 is 1.82 bits per heavy atom. The number of aliphatic imine (C=N–C) groups is 1. The SMILES string of the molecule is CC[C@H]1C(O)C2C3CC[C@H]([C@H](C)CCC4=NCN=N4)[C@@]3(C)[C@@H](O)CC2[C@@]2(C)CC[C@@H](O)C[C@@H]12. The molecule has 0 radical (unpaired) electrons. The molecule has 4 fully saturated rings. The van der Waals surface area contributed by atoms with Crippen molar-refractivity contribution in [2.45, 2.75) is 104 Å². The Morgan fingerprint density at radius 1 is 1.03 bits per heavy atom. The molecule has 4 aliphatic carbocycles. The topological polar surface area (TPSA) is 97.8 Å². The van der Waals surface area contributed by atoms with Crippen molar-refractivity contribution in [1.29, 1.82) is 0 Å². The zero-order chi connectivity index (χ0) is 23.5. The minimum absolute atomic E-state index is 0.113. The number of amidine groups is 1. The van der Waals surface area contributed by atoms with Gasteiger partial charge < -0.3 is 15.3 Å². The second kappa shape index (κ2) is 8.67. The summed E-state index contributed by atoms with van der Waals surface area (Å²) in [4.78, 5) is 4.36. The monoisotopic (exact) mass is 459 g/mol. The van der Waals surface area contributed by atoms with Crippen molar-refractivity contribution in [2.24, 2.45) is 67.5 Å². The Bertz CT molecular complexity index is 801. The fraction of sp³-hybridized carbons (Fsp3) is 0.963. The van der Waals surface area contributed by atoms with E-state index in [0.29, 0.717) is 36.3 Å². The first kappa shape index (κ1) is 23.9. The molecule has 1 heterocycles. The summed E-state index contributed by atoms with van der Waals surface area (Å²) in [6, 6.07) is 0. The summed E-state index contributed by atoms with van der Waals surface area (Å²) in [5, 5.41) is 42.2. The summed E-state index contributed by atoms with van der Waals surface area (Å²) in [6.45, 7) is 9.80. The zero-order valence-electron chi connectivity index (χ0n) is 21.0. The minimum atomic E-state index is -0.322. The van der Waals surface area contributed by atoms with Gasteiger partial charge in [0.1, 0.15) is 5.84 Å². The van der Waals surface area contributed by atoms with Gasteiger partial charge in [0.05, 0.1) is 18.3 Å². The molecule has 0 saturated heterocycles. The van der Waals surface area contributed by atoms with Crippen molar-refractivity contribution < 1.29 is 15.3 Å². The van der Waals surface area contributed by atoms with Crippen LogP contribution in [0.4, 0.5) is 0 Å². The third-order valence-corrected chi connectivity index (χ3v) is 11.6. The molecule has 4 unspecified atom stereocenters. The van der Waals surface area contributed by atoms with E-state index in [-0.39, 0.29) is 41.0 Å². The molecule has 12 atom stereocenters. The molecule has 5 aliphatic rings. The minimum Gasteiger partial charge on any atom is -0.393 e. The van der Waals surface area contributed by atoms with Crippen LogP contribution in [0.5, 0.6) is 0 Å². The molecule has 0 aromatic heterocycles. The summed E-state index contributed by atoms with van der Waals surface area (Å²) in [5.41, 5.74) is -0.0301. The first-order valence-corrected chi connectivity index (χ1v) is 13.7. The molecular weight excluding hydrogens is 414 g/mol. The highest BCUT2D eigenvalue weighted by Gasteiger charge is 2.67. The van der Waals surface area contributed by atoms with Crippen LogP contribution >= 0.6 is 0 Å². The van der Waals surface area contributed by atoms with Gasteiger partial charge in [0.2, 0.25) is 0 Å². The van der Waals surface area contributed by atoms with Crippen molar-refractivity contribution >= 4 is 5.84 Å². The maximum atomic E-state index is 11.8. The van der Waals surface area contributed by atoms with Crippen LogP contribution in [0, 0.1) is 52.3 Å². The number of hydrogen-bond acceptors (Lipinski definition) is 6. The van der Waals surface area contributed by atoms with E-state index in [9.17, 15) is 15.3 Å². The fourth-order valence-corrected chi connectivity index (χ4v) is 9.83. The van der Waals surface area contributed by atoms with Crippen molar-refractivity contribution in [3.8, 4) is 0 Å². The summed E-state index contributed by atoms with van der Waals surface area (Å²) in [6.07, 6.45) is 7.75. The lowest BCUT2D eigenvalue weighted by atomic mass is 9.41. The van der Waals surface area contributed by atoms with Crippen molar-refractivity contribution in [1.82, 2.24) is 0 Å². The van der Waals surface area contributed by atoms with Crippen LogP contribution in [0.3, 0.4) is 0 Å². The van der Waals surface area contributed by atoms with E-state index >= 15 is 0 Å². The fourth-order valence-electron chi connectivity index (χ4n) is 9.83. The first-order chi connectivity index (χ1) is 15.7. The molecule has 0 amide bonds.